The number of rotatable bonds is 9. The van der Waals surface area contributed by atoms with E-state index in [1.165, 1.54) is 5.56 Å². The third-order valence-corrected chi connectivity index (χ3v) is 4.62. The Labute approximate surface area is 195 Å². The number of nitrogens with zero attached hydrogens (tertiary/aromatic N) is 5. The molecular formula is C22H31IN6O. The summed E-state index contributed by atoms with van der Waals surface area (Å²) in [5, 5.41) is 11.8. The molecule has 30 heavy (non-hydrogen) atoms. The van der Waals surface area contributed by atoms with Gasteiger partial charge in [0.05, 0.1) is 6.54 Å². The van der Waals surface area contributed by atoms with E-state index in [1.807, 2.05) is 48.0 Å². The molecule has 3 rings (SSSR count). The van der Waals surface area contributed by atoms with Gasteiger partial charge in [0, 0.05) is 32.8 Å². The zero-order chi connectivity index (χ0) is 20.5. The maximum absolute atomic E-state index is 5.83. The molecule has 0 unspecified atom stereocenters. The summed E-state index contributed by atoms with van der Waals surface area (Å²) in [6, 6.07) is 14.1. The summed E-state index contributed by atoms with van der Waals surface area (Å²) in [6.45, 7) is 7.07. The summed E-state index contributed by atoms with van der Waals surface area (Å²) >= 11 is 0. The van der Waals surface area contributed by atoms with Crippen molar-refractivity contribution in [2.75, 3.05) is 33.3 Å². The number of hydrogen-bond donors (Lipinski definition) is 1. The fourth-order valence-corrected chi connectivity index (χ4v) is 2.99. The van der Waals surface area contributed by atoms with E-state index in [0.717, 1.165) is 55.7 Å². The molecule has 0 saturated carbocycles. The van der Waals surface area contributed by atoms with Crippen molar-refractivity contribution in [3.63, 3.8) is 0 Å². The molecule has 0 radical (unpaired) electrons. The molecule has 0 aliphatic carbocycles. The molecule has 8 heteroatoms. The summed E-state index contributed by atoms with van der Waals surface area (Å²) in [7, 11) is 2.03. The second-order valence-corrected chi connectivity index (χ2v) is 6.97. The van der Waals surface area contributed by atoms with Crippen molar-refractivity contribution in [3.05, 3.63) is 60.0 Å². The van der Waals surface area contributed by atoms with Crippen LogP contribution >= 0.6 is 24.0 Å². The van der Waals surface area contributed by atoms with Crippen LogP contribution in [0.4, 0.5) is 0 Å². The number of likely N-dealkylation sites (N-methyl/N-ethyl adjacent to an activating group) is 1. The maximum atomic E-state index is 5.83. The maximum Gasteiger partial charge on any atom is 0.193 e. The van der Waals surface area contributed by atoms with Crippen LogP contribution < -0.4 is 10.1 Å². The molecule has 0 atom stereocenters. The summed E-state index contributed by atoms with van der Waals surface area (Å²) in [5.41, 5.74) is 2.11. The molecule has 0 aliphatic rings. The van der Waals surface area contributed by atoms with E-state index < -0.39 is 0 Å². The fraction of sp³-hybridized carbons (Fsp3) is 0.409. The molecule has 0 bridgehead atoms. The Balaban J connectivity index is 0.00000320. The van der Waals surface area contributed by atoms with Gasteiger partial charge >= 0.3 is 0 Å². The highest BCUT2D eigenvalue weighted by Gasteiger charge is 2.07. The average molecular weight is 522 g/mol. The van der Waals surface area contributed by atoms with Gasteiger partial charge in [0.2, 0.25) is 0 Å². The van der Waals surface area contributed by atoms with E-state index in [1.54, 1.807) is 0 Å². The highest BCUT2D eigenvalue weighted by atomic mass is 127. The number of aryl methyl sites for hydroxylation is 2. The molecule has 1 N–H and O–H groups in total. The van der Waals surface area contributed by atoms with Crippen molar-refractivity contribution in [2.45, 2.75) is 26.7 Å². The van der Waals surface area contributed by atoms with Gasteiger partial charge in [-0.15, -0.1) is 34.2 Å². The number of guanidine groups is 1. The normalized spacial score (nSPS) is 11.2. The summed E-state index contributed by atoms with van der Waals surface area (Å²) < 4.78 is 7.86. The standard InChI is InChI=1S/C22H30N6O.HI/c1-4-23-22(27(3)16-17-29-19-12-10-18(2)11-13-19)24-14-7-9-21-26-25-20-8-5-6-15-28(20)21;/h5-6,8,10-13,15H,4,7,9,14,16-17H2,1-3H3,(H,23,24);1H. The first kappa shape index (κ1) is 23.9. The Kier molecular flexibility index (Phi) is 9.85. The van der Waals surface area contributed by atoms with Crippen LogP contribution in [0.2, 0.25) is 0 Å². The number of benzene rings is 1. The van der Waals surface area contributed by atoms with Crippen molar-refractivity contribution in [1.29, 1.82) is 0 Å². The quantitative estimate of drug-likeness (QED) is 0.202. The summed E-state index contributed by atoms with van der Waals surface area (Å²) in [4.78, 5) is 6.85. The van der Waals surface area contributed by atoms with Crippen molar-refractivity contribution in [1.82, 2.24) is 24.8 Å². The van der Waals surface area contributed by atoms with Crippen LogP contribution in [-0.2, 0) is 6.42 Å². The Bertz CT molecular complexity index is 925. The minimum Gasteiger partial charge on any atom is -0.492 e. The zero-order valence-electron chi connectivity index (χ0n) is 17.9. The van der Waals surface area contributed by atoms with Crippen LogP contribution in [0.15, 0.2) is 53.7 Å². The van der Waals surface area contributed by atoms with Crippen molar-refractivity contribution < 1.29 is 4.74 Å². The predicted molar refractivity (Wildman–Crippen MR) is 132 cm³/mol. The smallest absolute Gasteiger partial charge is 0.193 e. The summed E-state index contributed by atoms with van der Waals surface area (Å²) in [6.07, 6.45) is 3.76. The van der Waals surface area contributed by atoms with Gasteiger partial charge in [0.15, 0.2) is 11.6 Å². The lowest BCUT2D eigenvalue weighted by Gasteiger charge is -2.22. The first-order chi connectivity index (χ1) is 14.2. The van der Waals surface area contributed by atoms with Gasteiger partial charge in [0.25, 0.3) is 0 Å². The topological polar surface area (TPSA) is 67.0 Å². The minimum absolute atomic E-state index is 0. The molecule has 7 nitrogen and oxygen atoms in total. The van der Waals surface area contributed by atoms with Crippen LogP contribution in [0.5, 0.6) is 5.75 Å². The Hall–Kier alpha value is -2.36. The highest BCUT2D eigenvalue weighted by Crippen LogP contribution is 2.11. The van der Waals surface area contributed by atoms with E-state index in [9.17, 15) is 0 Å². The van der Waals surface area contributed by atoms with E-state index >= 15 is 0 Å². The van der Waals surface area contributed by atoms with Gasteiger partial charge in [-0.3, -0.25) is 9.39 Å². The second kappa shape index (κ2) is 12.4. The molecule has 3 aromatic rings. The van der Waals surface area contributed by atoms with Crippen molar-refractivity contribution in [3.8, 4) is 5.75 Å². The van der Waals surface area contributed by atoms with E-state index in [-0.39, 0.29) is 24.0 Å². The number of aliphatic imine (C=N–C) groups is 1. The number of fused-ring (bicyclic) bond motifs is 1. The molecule has 0 spiro atoms. The number of nitrogens with one attached hydrogen (secondary N) is 1. The molecule has 2 heterocycles. The minimum atomic E-state index is 0. The van der Waals surface area contributed by atoms with E-state index in [4.69, 9.17) is 9.73 Å². The fourth-order valence-electron chi connectivity index (χ4n) is 2.99. The van der Waals surface area contributed by atoms with E-state index in [0.29, 0.717) is 6.61 Å². The number of aromatic nitrogens is 3. The number of ether oxygens (including phenoxy) is 1. The average Bonchev–Trinajstić information content (AvgIpc) is 3.15. The largest absolute Gasteiger partial charge is 0.492 e. The molecule has 2 aromatic heterocycles. The number of hydrogen-bond acceptors (Lipinski definition) is 4. The molecule has 0 fully saturated rings. The SMILES string of the molecule is CCNC(=NCCCc1nnc2ccccn12)N(C)CCOc1ccc(C)cc1.I. The molecule has 0 amide bonds. The Morgan fingerprint density at radius 1 is 1.17 bits per heavy atom. The van der Waals surface area contributed by atoms with Crippen molar-refractivity contribution >= 4 is 35.6 Å². The van der Waals surface area contributed by atoms with Crippen LogP contribution in [0, 0.1) is 6.92 Å². The van der Waals surface area contributed by atoms with Crippen LogP contribution in [0.25, 0.3) is 5.65 Å². The second-order valence-electron chi connectivity index (χ2n) is 6.97. The third kappa shape index (κ3) is 6.86. The molecule has 0 aliphatic heterocycles. The number of pyridine rings is 1. The van der Waals surface area contributed by atoms with Crippen LogP contribution in [0.3, 0.4) is 0 Å². The van der Waals surface area contributed by atoms with Crippen LogP contribution in [0.1, 0.15) is 24.7 Å². The first-order valence-electron chi connectivity index (χ1n) is 10.1. The Morgan fingerprint density at radius 2 is 1.97 bits per heavy atom. The molecule has 0 saturated heterocycles. The van der Waals surface area contributed by atoms with Gasteiger partial charge in [0.1, 0.15) is 18.2 Å². The number of halogens is 1. The third-order valence-electron chi connectivity index (χ3n) is 4.62. The monoisotopic (exact) mass is 522 g/mol. The summed E-state index contributed by atoms with van der Waals surface area (Å²) in [5.74, 6) is 2.76. The lowest BCUT2D eigenvalue weighted by atomic mass is 10.2. The first-order valence-corrected chi connectivity index (χ1v) is 10.1. The predicted octanol–water partition coefficient (Wildman–Crippen LogP) is 3.56. The Morgan fingerprint density at radius 3 is 2.73 bits per heavy atom. The molecule has 162 valence electrons. The van der Waals surface area contributed by atoms with Crippen LogP contribution in [-0.4, -0.2) is 58.7 Å². The van der Waals surface area contributed by atoms with Gasteiger partial charge in [-0.05, 0) is 44.5 Å². The van der Waals surface area contributed by atoms with Crippen molar-refractivity contribution in [2.24, 2.45) is 4.99 Å². The van der Waals surface area contributed by atoms with Gasteiger partial charge in [-0.2, -0.15) is 0 Å². The lowest BCUT2D eigenvalue weighted by Crippen LogP contribution is -2.41. The van der Waals surface area contributed by atoms with Gasteiger partial charge < -0.3 is 15.0 Å². The highest BCUT2D eigenvalue weighted by molar-refractivity contribution is 14.0. The lowest BCUT2D eigenvalue weighted by molar-refractivity contribution is 0.281. The van der Waals surface area contributed by atoms with Gasteiger partial charge in [-0.1, -0.05) is 23.8 Å². The zero-order valence-corrected chi connectivity index (χ0v) is 20.2. The van der Waals surface area contributed by atoms with E-state index in [2.05, 4.69) is 46.4 Å². The van der Waals surface area contributed by atoms with Gasteiger partial charge in [-0.25, -0.2) is 0 Å². The molecular weight excluding hydrogens is 491 g/mol. The molecule has 1 aromatic carbocycles.